The van der Waals surface area contributed by atoms with Crippen LogP contribution in [0.4, 0.5) is 0 Å². The van der Waals surface area contributed by atoms with Crippen molar-refractivity contribution in [2.45, 2.75) is 180 Å². The molecule has 3 saturated carbocycles. The van der Waals surface area contributed by atoms with E-state index >= 15 is 0 Å². The van der Waals surface area contributed by atoms with E-state index in [0.29, 0.717) is 0 Å². The lowest BCUT2D eigenvalue weighted by Crippen LogP contribution is -2.45. The molecule has 4 rings (SSSR count). The van der Waals surface area contributed by atoms with Crippen molar-refractivity contribution in [2.24, 2.45) is 47.3 Å². The average molecular weight is 524 g/mol. The van der Waals surface area contributed by atoms with Gasteiger partial charge in [0, 0.05) is 6.04 Å². The second-order valence-electron chi connectivity index (χ2n) is 11.3. The summed E-state index contributed by atoms with van der Waals surface area (Å²) in [6.45, 7) is 29.1. The van der Waals surface area contributed by atoms with Crippen LogP contribution in [0.2, 0.25) is 0 Å². The highest BCUT2D eigenvalue weighted by Crippen LogP contribution is 2.51. The van der Waals surface area contributed by atoms with Gasteiger partial charge in [-0.2, -0.15) is 0 Å². The van der Waals surface area contributed by atoms with E-state index in [2.05, 4.69) is 26.1 Å². The van der Waals surface area contributed by atoms with Gasteiger partial charge >= 0.3 is 0 Å². The number of piperidine rings is 1. The highest BCUT2D eigenvalue weighted by atomic mass is 14.9. The molecule has 0 aromatic carbocycles. The third-order valence-corrected chi connectivity index (χ3v) is 10.0. The van der Waals surface area contributed by atoms with E-state index in [0.717, 1.165) is 53.4 Å². The first kappa shape index (κ1) is 39.1. The minimum atomic E-state index is 0.807. The van der Waals surface area contributed by atoms with Gasteiger partial charge in [-0.25, -0.2) is 0 Å². The molecule has 226 valence electrons. The summed E-state index contributed by atoms with van der Waals surface area (Å²) in [6.07, 6.45) is 19.6. The predicted octanol–water partition coefficient (Wildman–Crippen LogP) is 12.2. The highest BCUT2D eigenvalue weighted by Gasteiger charge is 2.42. The Morgan fingerprint density at radius 2 is 1.22 bits per heavy atom. The Kier molecular flexibility index (Phi) is 26.4. The van der Waals surface area contributed by atoms with E-state index in [9.17, 15) is 0 Å². The molecule has 3 aliphatic carbocycles. The van der Waals surface area contributed by atoms with Gasteiger partial charge in [-0.1, -0.05) is 135 Å². The molecule has 9 atom stereocenters. The topological polar surface area (TPSA) is 12.0 Å². The van der Waals surface area contributed by atoms with Crippen LogP contribution in [0, 0.1) is 47.3 Å². The number of hydrogen-bond donors (Lipinski definition) is 1. The molecule has 1 heterocycles. The number of fused-ring (bicyclic) bond motifs is 1. The summed E-state index contributed by atoms with van der Waals surface area (Å²) in [5.74, 6) is 8.06. The van der Waals surface area contributed by atoms with Gasteiger partial charge in [0.15, 0.2) is 0 Å². The molecule has 0 radical (unpaired) electrons. The molecular formula is C36H77N. The van der Waals surface area contributed by atoms with Crippen molar-refractivity contribution in [2.75, 3.05) is 6.54 Å². The first-order chi connectivity index (χ1) is 18.1. The Labute approximate surface area is 238 Å². The molecule has 0 bridgehead atoms. The third kappa shape index (κ3) is 12.3. The minimum absolute atomic E-state index is 0.807. The van der Waals surface area contributed by atoms with Crippen molar-refractivity contribution in [1.29, 1.82) is 0 Å². The zero-order valence-electron chi connectivity index (χ0n) is 28.6. The standard InChI is InChI=1S/C26H47N.5C2H6/c1-18-14-15-21-9-4-5-11-24(21)25(18)17-22-10-8-12-23(19(22)2)20(3)26-13-6-7-16-27-26;5*1-2/h18-27H,4-17H2,1-3H3;5*1-2H3/t18?,19-,20+,21?,22?,23?,24?,25?,26-;;;;;/m1...../s1. The van der Waals surface area contributed by atoms with E-state index in [4.69, 9.17) is 0 Å². The molecule has 0 spiro atoms. The zero-order valence-corrected chi connectivity index (χ0v) is 28.6. The number of nitrogens with one attached hydrogen (secondary N) is 1. The van der Waals surface area contributed by atoms with Crippen LogP contribution >= 0.6 is 0 Å². The fourth-order valence-electron chi connectivity index (χ4n) is 8.22. The summed E-state index contributed by atoms with van der Waals surface area (Å²) < 4.78 is 0. The third-order valence-electron chi connectivity index (χ3n) is 10.0. The van der Waals surface area contributed by atoms with Crippen molar-refractivity contribution >= 4 is 0 Å². The highest BCUT2D eigenvalue weighted by molar-refractivity contribution is 4.93. The molecule has 1 nitrogen and oxygen atoms in total. The normalized spacial score (nSPS) is 35.3. The summed E-state index contributed by atoms with van der Waals surface area (Å²) in [6, 6.07) is 0.807. The largest absolute Gasteiger partial charge is 0.314 e. The van der Waals surface area contributed by atoms with Crippen LogP contribution in [0.5, 0.6) is 0 Å². The SMILES string of the molecule is CC.CC.CC.CC.CC.CC1CCC2CCCCC2C1CC1CCCC([C@H](C)[C@H]2CCCCN2)[C@@H]1C. The Hall–Kier alpha value is -0.0400. The van der Waals surface area contributed by atoms with E-state index in [1.165, 1.54) is 64.3 Å². The van der Waals surface area contributed by atoms with Crippen molar-refractivity contribution in [3.8, 4) is 0 Å². The molecule has 1 saturated heterocycles. The van der Waals surface area contributed by atoms with Crippen molar-refractivity contribution in [3.05, 3.63) is 0 Å². The van der Waals surface area contributed by atoms with Crippen molar-refractivity contribution in [1.82, 2.24) is 5.32 Å². The van der Waals surface area contributed by atoms with Crippen LogP contribution in [0.1, 0.15) is 173 Å². The van der Waals surface area contributed by atoms with Crippen molar-refractivity contribution < 1.29 is 0 Å². The van der Waals surface area contributed by atoms with Gasteiger partial charge in [0.1, 0.15) is 0 Å². The summed E-state index contributed by atoms with van der Waals surface area (Å²) in [5, 5.41) is 3.88. The fraction of sp³-hybridized carbons (Fsp3) is 1.00. The summed E-state index contributed by atoms with van der Waals surface area (Å²) in [5.41, 5.74) is 0. The molecule has 4 fully saturated rings. The Morgan fingerprint density at radius 3 is 1.81 bits per heavy atom. The van der Waals surface area contributed by atoms with E-state index in [1.807, 2.05) is 69.2 Å². The van der Waals surface area contributed by atoms with E-state index in [1.54, 1.807) is 25.7 Å². The number of rotatable bonds is 4. The first-order valence-electron chi connectivity index (χ1n) is 17.9. The van der Waals surface area contributed by atoms with Crippen LogP contribution in [0.25, 0.3) is 0 Å². The maximum Gasteiger partial charge on any atom is 0.00954 e. The first-order valence-corrected chi connectivity index (χ1v) is 17.9. The fourth-order valence-corrected chi connectivity index (χ4v) is 8.22. The van der Waals surface area contributed by atoms with Gasteiger partial charge < -0.3 is 5.32 Å². The molecular weight excluding hydrogens is 446 g/mol. The van der Waals surface area contributed by atoms with E-state index < -0.39 is 0 Å². The molecule has 37 heavy (non-hydrogen) atoms. The maximum atomic E-state index is 3.88. The summed E-state index contributed by atoms with van der Waals surface area (Å²) >= 11 is 0. The minimum Gasteiger partial charge on any atom is -0.314 e. The van der Waals surface area contributed by atoms with Crippen LogP contribution < -0.4 is 5.32 Å². The molecule has 0 aromatic rings. The van der Waals surface area contributed by atoms with Crippen LogP contribution in [-0.2, 0) is 0 Å². The second-order valence-corrected chi connectivity index (χ2v) is 11.3. The van der Waals surface area contributed by atoms with Crippen molar-refractivity contribution in [3.63, 3.8) is 0 Å². The van der Waals surface area contributed by atoms with Gasteiger partial charge in [-0.15, -0.1) is 0 Å². The van der Waals surface area contributed by atoms with Gasteiger partial charge in [0.05, 0.1) is 0 Å². The Balaban J connectivity index is 0. The van der Waals surface area contributed by atoms with E-state index in [-0.39, 0.29) is 0 Å². The van der Waals surface area contributed by atoms with Gasteiger partial charge in [0.2, 0.25) is 0 Å². The molecule has 1 N–H and O–H groups in total. The molecule has 6 unspecified atom stereocenters. The van der Waals surface area contributed by atoms with Gasteiger partial charge in [-0.05, 0) is 92.4 Å². The van der Waals surface area contributed by atoms with Crippen LogP contribution in [0.15, 0.2) is 0 Å². The summed E-state index contributed by atoms with van der Waals surface area (Å²) in [4.78, 5) is 0. The zero-order chi connectivity index (χ0) is 28.8. The van der Waals surface area contributed by atoms with Crippen LogP contribution in [-0.4, -0.2) is 12.6 Å². The lowest BCUT2D eigenvalue weighted by molar-refractivity contribution is 0.0157. The average Bonchev–Trinajstić information content (AvgIpc) is 3.00. The Bertz CT molecular complexity index is 454. The predicted molar refractivity (Wildman–Crippen MR) is 173 cm³/mol. The molecule has 1 heteroatoms. The van der Waals surface area contributed by atoms with Crippen LogP contribution in [0.3, 0.4) is 0 Å². The quantitative estimate of drug-likeness (QED) is 0.386. The lowest BCUT2D eigenvalue weighted by Gasteiger charge is -2.49. The smallest absolute Gasteiger partial charge is 0.00954 e. The Morgan fingerprint density at radius 1 is 0.622 bits per heavy atom. The lowest BCUT2D eigenvalue weighted by atomic mass is 9.57. The molecule has 1 aliphatic heterocycles. The van der Waals surface area contributed by atoms with Gasteiger partial charge in [0.25, 0.3) is 0 Å². The molecule has 0 aromatic heterocycles. The molecule has 4 aliphatic rings. The monoisotopic (exact) mass is 524 g/mol. The summed E-state index contributed by atoms with van der Waals surface area (Å²) in [7, 11) is 0. The maximum absolute atomic E-state index is 3.88. The molecule has 0 amide bonds. The van der Waals surface area contributed by atoms with Gasteiger partial charge in [-0.3, -0.25) is 0 Å². The number of hydrogen-bond acceptors (Lipinski definition) is 1. The second kappa shape index (κ2) is 25.0.